The highest BCUT2D eigenvalue weighted by Gasteiger charge is 2.13. The van der Waals surface area contributed by atoms with Crippen LogP contribution in [0, 0.1) is 5.82 Å². The highest BCUT2D eigenvalue weighted by atomic mass is 19.1. The predicted octanol–water partition coefficient (Wildman–Crippen LogP) is 2.65. The van der Waals surface area contributed by atoms with Gasteiger partial charge in [-0.2, -0.15) is 0 Å². The Balaban J connectivity index is 2.40. The topological polar surface area (TPSA) is 90.4 Å². The number of amides is 1. The first kappa shape index (κ1) is 14.6. The molecule has 2 aromatic rings. The van der Waals surface area contributed by atoms with Crippen molar-refractivity contribution >= 4 is 23.0 Å². The Kier molecular flexibility index (Phi) is 4.27. The molecule has 0 atom stereocenters. The molecule has 1 amide bonds. The van der Waals surface area contributed by atoms with E-state index in [1.165, 1.54) is 6.07 Å². The molecule has 0 heterocycles. The number of ether oxygens (including phenoxy) is 1. The summed E-state index contributed by atoms with van der Waals surface area (Å²) in [4.78, 5) is 11.3. The Bertz CT molecular complexity index is 674. The van der Waals surface area contributed by atoms with Crippen molar-refractivity contribution in [3.8, 4) is 5.75 Å². The van der Waals surface area contributed by atoms with E-state index in [0.717, 1.165) is 6.07 Å². The van der Waals surface area contributed by atoms with E-state index in [-0.39, 0.29) is 16.9 Å². The number of hydrogen-bond acceptors (Lipinski definition) is 4. The monoisotopic (exact) mass is 289 g/mol. The molecule has 0 aliphatic heterocycles. The highest BCUT2D eigenvalue weighted by molar-refractivity contribution is 5.99. The van der Waals surface area contributed by atoms with Crippen LogP contribution in [0.1, 0.15) is 17.3 Å². The second-order valence-electron chi connectivity index (χ2n) is 4.34. The predicted molar refractivity (Wildman–Crippen MR) is 80.2 cm³/mol. The molecule has 5 N–H and O–H groups in total. The summed E-state index contributed by atoms with van der Waals surface area (Å²) in [5, 5.41) is 2.88. The third kappa shape index (κ3) is 3.22. The average molecular weight is 289 g/mol. The van der Waals surface area contributed by atoms with Crippen LogP contribution in [-0.2, 0) is 0 Å². The zero-order valence-corrected chi connectivity index (χ0v) is 11.5. The van der Waals surface area contributed by atoms with Gasteiger partial charge >= 0.3 is 0 Å². The number of rotatable bonds is 5. The number of nitrogen functional groups attached to an aromatic ring is 1. The van der Waals surface area contributed by atoms with Gasteiger partial charge in [0.2, 0.25) is 0 Å². The number of para-hydroxylation sites is 2. The van der Waals surface area contributed by atoms with Crippen LogP contribution in [0.2, 0.25) is 0 Å². The maximum absolute atomic E-state index is 14.0. The molecule has 0 aliphatic carbocycles. The molecule has 6 heteroatoms. The molecule has 0 aromatic heterocycles. The van der Waals surface area contributed by atoms with Crippen molar-refractivity contribution in [2.24, 2.45) is 5.73 Å². The summed E-state index contributed by atoms with van der Waals surface area (Å²) in [6, 6.07) is 9.45. The summed E-state index contributed by atoms with van der Waals surface area (Å²) >= 11 is 0. The van der Waals surface area contributed by atoms with Crippen molar-refractivity contribution in [3.05, 3.63) is 47.8 Å². The van der Waals surface area contributed by atoms with Crippen LogP contribution in [0.15, 0.2) is 36.4 Å². The SMILES string of the molecule is CCOc1ccccc1Nc1cc(C(N)=O)c(N)cc1F. The van der Waals surface area contributed by atoms with Crippen molar-refractivity contribution in [1.29, 1.82) is 0 Å². The zero-order chi connectivity index (χ0) is 15.4. The highest BCUT2D eigenvalue weighted by Crippen LogP contribution is 2.30. The van der Waals surface area contributed by atoms with Crippen LogP contribution in [0.4, 0.5) is 21.5 Å². The quantitative estimate of drug-likeness (QED) is 0.738. The van der Waals surface area contributed by atoms with Crippen LogP contribution in [0.3, 0.4) is 0 Å². The first-order valence-corrected chi connectivity index (χ1v) is 6.40. The fraction of sp³-hybridized carbons (Fsp3) is 0.133. The van der Waals surface area contributed by atoms with E-state index in [2.05, 4.69) is 5.32 Å². The number of nitrogens with two attached hydrogens (primary N) is 2. The van der Waals surface area contributed by atoms with E-state index in [0.29, 0.717) is 18.0 Å². The van der Waals surface area contributed by atoms with Gasteiger partial charge < -0.3 is 21.5 Å². The molecular formula is C15H16FN3O2. The summed E-state index contributed by atoms with van der Waals surface area (Å²) in [6.45, 7) is 2.33. The number of benzene rings is 2. The first-order valence-electron chi connectivity index (χ1n) is 6.40. The minimum absolute atomic E-state index is 0.00337. The molecule has 110 valence electrons. The van der Waals surface area contributed by atoms with Crippen LogP contribution in [0.5, 0.6) is 5.75 Å². The number of carbonyl (C=O) groups is 1. The number of halogens is 1. The number of carbonyl (C=O) groups excluding carboxylic acids is 1. The summed E-state index contributed by atoms with van der Waals surface area (Å²) in [6.07, 6.45) is 0. The summed E-state index contributed by atoms with van der Waals surface area (Å²) in [7, 11) is 0. The Morgan fingerprint density at radius 2 is 2.00 bits per heavy atom. The van der Waals surface area contributed by atoms with E-state index in [1.807, 2.05) is 13.0 Å². The van der Waals surface area contributed by atoms with Gasteiger partial charge in [0.25, 0.3) is 5.91 Å². The molecule has 2 aromatic carbocycles. The van der Waals surface area contributed by atoms with Crippen LogP contribution in [-0.4, -0.2) is 12.5 Å². The van der Waals surface area contributed by atoms with E-state index in [4.69, 9.17) is 16.2 Å². The molecule has 0 bridgehead atoms. The summed E-state index contributed by atoms with van der Waals surface area (Å²) in [5.74, 6) is -0.714. The van der Waals surface area contributed by atoms with Crippen molar-refractivity contribution in [2.45, 2.75) is 6.92 Å². The fourth-order valence-corrected chi connectivity index (χ4v) is 1.89. The molecule has 0 aliphatic rings. The zero-order valence-electron chi connectivity index (χ0n) is 11.5. The molecule has 5 nitrogen and oxygen atoms in total. The maximum atomic E-state index is 14.0. The van der Waals surface area contributed by atoms with Crippen molar-refractivity contribution in [2.75, 3.05) is 17.7 Å². The van der Waals surface area contributed by atoms with Crippen molar-refractivity contribution in [1.82, 2.24) is 0 Å². The van der Waals surface area contributed by atoms with Gasteiger partial charge in [-0.15, -0.1) is 0 Å². The minimum Gasteiger partial charge on any atom is -0.492 e. The molecule has 0 saturated heterocycles. The molecule has 0 saturated carbocycles. The summed E-state index contributed by atoms with van der Waals surface area (Å²) < 4.78 is 19.4. The van der Waals surface area contributed by atoms with Crippen LogP contribution >= 0.6 is 0 Å². The molecular weight excluding hydrogens is 273 g/mol. The number of primary amides is 1. The standard InChI is InChI=1S/C15H16FN3O2/c1-2-21-14-6-4-3-5-12(14)19-13-7-9(15(18)20)11(17)8-10(13)16/h3-8,19H,2,17H2,1H3,(H2,18,20). The van der Waals surface area contributed by atoms with Gasteiger partial charge in [0.05, 0.1) is 23.5 Å². The van der Waals surface area contributed by atoms with Gasteiger partial charge in [-0.25, -0.2) is 4.39 Å². The molecule has 0 spiro atoms. The number of anilines is 3. The second-order valence-corrected chi connectivity index (χ2v) is 4.34. The lowest BCUT2D eigenvalue weighted by Crippen LogP contribution is -2.14. The number of nitrogens with one attached hydrogen (secondary N) is 1. The van der Waals surface area contributed by atoms with E-state index < -0.39 is 11.7 Å². The maximum Gasteiger partial charge on any atom is 0.250 e. The lowest BCUT2D eigenvalue weighted by atomic mass is 10.1. The Hall–Kier alpha value is -2.76. The van der Waals surface area contributed by atoms with Gasteiger partial charge in [-0.05, 0) is 31.2 Å². The Labute approximate surface area is 121 Å². The molecule has 0 radical (unpaired) electrons. The van der Waals surface area contributed by atoms with Gasteiger partial charge in [0.1, 0.15) is 11.6 Å². The minimum atomic E-state index is -0.714. The van der Waals surface area contributed by atoms with Crippen molar-refractivity contribution < 1.29 is 13.9 Å². The van der Waals surface area contributed by atoms with Gasteiger partial charge in [-0.3, -0.25) is 4.79 Å². The van der Waals surface area contributed by atoms with E-state index >= 15 is 0 Å². The molecule has 0 unspecified atom stereocenters. The number of hydrogen-bond donors (Lipinski definition) is 3. The smallest absolute Gasteiger partial charge is 0.250 e. The van der Waals surface area contributed by atoms with Crippen LogP contribution in [0.25, 0.3) is 0 Å². The Morgan fingerprint density at radius 3 is 2.67 bits per heavy atom. The molecule has 2 rings (SSSR count). The van der Waals surface area contributed by atoms with Gasteiger partial charge in [0.15, 0.2) is 0 Å². The van der Waals surface area contributed by atoms with Gasteiger partial charge in [0, 0.05) is 5.69 Å². The third-order valence-corrected chi connectivity index (χ3v) is 2.86. The largest absolute Gasteiger partial charge is 0.492 e. The summed E-state index contributed by atoms with van der Waals surface area (Å²) in [5.41, 5.74) is 11.5. The van der Waals surface area contributed by atoms with Crippen LogP contribution < -0.4 is 21.5 Å². The molecule has 0 fully saturated rings. The van der Waals surface area contributed by atoms with Gasteiger partial charge in [-0.1, -0.05) is 12.1 Å². The van der Waals surface area contributed by atoms with Crippen molar-refractivity contribution in [3.63, 3.8) is 0 Å². The first-order chi connectivity index (χ1) is 10.0. The van der Waals surface area contributed by atoms with E-state index in [9.17, 15) is 9.18 Å². The second kappa shape index (κ2) is 6.13. The lowest BCUT2D eigenvalue weighted by Gasteiger charge is -2.14. The average Bonchev–Trinajstić information content (AvgIpc) is 2.43. The third-order valence-electron chi connectivity index (χ3n) is 2.86. The Morgan fingerprint density at radius 1 is 1.29 bits per heavy atom. The normalized spacial score (nSPS) is 10.2. The van der Waals surface area contributed by atoms with E-state index in [1.54, 1.807) is 18.2 Å². The lowest BCUT2D eigenvalue weighted by molar-refractivity contribution is 0.100. The fourth-order valence-electron chi connectivity index (χ4n) is 1.89. The molecule has 21 heavy (non-hydrogen) atoms.